The second-order valence-electron chi connectivity index (χ2n) is 6.58. The van der Waals surface area contributed by atoms with Crippen LogP contribution in [0.1, 0.15) is 34.6 Å². The minimum atomic E-state index is -3.83. The van der Waals surface area contributed by atoms with Gasteiger partial charge in [-0.05, 0) is 36.4 Å². The van der Waals surface area contributed by atoms with Gasteiger partial charge in [-0.2, -0.15) is 4.31 Å². The summed E-state index contributed by atoms with van der Waals surface area (Å²) in [4.78, 5) is 26.0. The molecule has 0 atom stereocenters. The summed E-state index contributed by atoms with van der Waals surface area (Å²) in [6, 6.07) is 8.57. The monoisotopic (exact) mass is 471 g/mol. The minimum absolute atomic E-state index is 0.0352. The van der Waals surface area contributed by atoms with E-state index in [2.05, 4.69) is 5.32 Å². The van der Waals surface area contributed by atoms with Gasteiger partial charge in [0, 0.05) is 38.4 Å². The Bertz CT molecular complexity index is 1070. The molecule has 0 saturated heterocycles. The summed E-state index contributed by atoms with van der Waals surface area (Å²) >= 11 is 12.3. The molecule has 0 aliphatic rings. The zero-order valence-electron chi connectivity index (χ0n) is 17.1. The largest absolute Gasteiger partial charge is 0.345 e. The van der Waals surface area contributed by atoms with Gasteiger partial charge in [0.25, 0.3) is 11.8 Å². The normalized spacial score (nSPS) is 11.4. The second kappa shape index (κ2) is 9.78. The Morgan fingerprint density at radius 1 is 0.967 bits per heavy atom. The van der Waals surface area contributed by atoms with Crippen LogP contribution in [0.25, 0.3) is 0 Å². The molecule has 1 N–H and O–H groups in total. The topological polar surface area (TPSA) is 86.8 Å². The van der Waals surface area contributed by atoms with Crippen LogP contribution in [0.5, 0.6) is 0 Å². The number of benzene rings is 2. The molecule has 0 aliphatic heterocycles. The predicted molar refractivity (Wildman–Crippen MR) is 119 cm³/mol. The molecule has 7 nitrogen and oxygen atoms in total. The van der Waals surface area contributed by atoms with Gasteiger partial charge < -0.3 is 10.2 Å². The van der Waals surface area contributed by atoms with Crippen LogP contribution < -0.4 is 5.32 Å². The highest BCUT2D eigenvalue weighted by Crippen LogP contribution is 2.27. The smallest absolute Gasteiger partial charge is 0.255 e. The van der Waals surface area contributed by atoms with Gasteiger partial charge in [0.05, 0.1) is 15.6 Å². The summed E-state index contributed by atoms with van der Waals surface area (Å²) in [6.07, 6.45) is 0. The van der Waals surface area contributed by atoms with Crippen molar-refractivity contribution >= 4 is 50.7 Å². The van der Waals surface area contributed by atoms with Gasteiger partial charge in [-0.1, -0.05) is 37.0 Å². The summed E-state index contributed by atoms with van der Waals surface area (Å²) in [5.74, 6) is -0.799. The van der Waals surface area contributed by atoms with E-state index in [1.807, 2.05) is 0 Å². The number of hydrogen-bond acceptors (Lipinski definition) is 4. The number of sulfonamides is 1. The van der Waals surface area contributed by atoms with Crippen molar-refractivity contribution in [3.05, 3.63) is 57.6 Å². The van der Waals surface area contributed by atoms with Crippen molar-refractivity contribution in [3.63, 3.8) is 0 Å². The molecule has 0 bridgehead atoms. The van der Waals surface area contributed by atoms with Crippen molar-refractivity contribution in [2.75, 3.05) is 32.5 Å². The number of amides is 2. The molecule has 0 radical (unpaired) electrons. The van der Waals surface area contributed by atoms with E-state index in [9.17, 15) is 18.0 Å². The summed E-state index contributed by atoms with van der Waals surface area (Å²) in [5.41, 5.74) is 0.789. The first-order valence-electron chi connectivity index (χ1n) is 9.15. The molecule has 0 fully saturated rings. The van der Waals surface area contributed by atoms with E-state index < -0.39 is 15.9 Å². The van der Waals surface area contributed by atoms with E-state index in [4.69, 9.17) is 23.2 Å². The number of hydrogen-bond donors (Lipinski definition) is 1. The Morgan fingerprint density at radius 2 is 1.60 bits per heavy atom. The first-order valence-corrected chi connectivity index (χ1v) is 11.3. The van der Waals surface area contributed by atoms with Gasteiger partial charge >= 0.3 is 0 Å². The fourth-order valence-corrected chi connectivity index (χ4v) is 4.98. The minimum Gasteiger partial charge on any atom is -0.345 e. The number of anilines is 1. The van der Waals surface area contributed by atoms with Crippen molar-refractivity contribution in [1.82, 2.24) is 9.21 Å². The molecule has 2 rings (SSSR count). The van der Waals surface area contributed by atoms with Gasteiger partial charge in [0.15, 0.2) is 0 Å². The molecule has 0 aliphatic carbocycles. The highest BCUT2D eigenvalue weighted by molar-refractivity contribution is 7.89. The lowest BCUT2D eigenvalue weighted by Gasteiger charge is -2.19. The van der Waals surface area contributed by atoms with Gasteiger partial charge in [-0.15, -0.1) is 0 Å². The quantitative estimate of drug-likeness (QED) is 0.661. The van der Waals surface area contributed by atoms with Crippen molar-refractivity contribution in [2.24, 2.45) is 0 Å². The highest BCUT2D eigenvalue weighted by atomic mass is 35.5. The van der Waals surface area contributed by atoms with Crippen LogP contribution >= 0.6 is 23.2 Å². The van der Waals surface area contributed by atoms with E-state index in [-0.39, 0.29) is 39.5 Å². The average Bonchev–Trinajstić information content (AvgIpc) is 2.68. The average molecular weight is 472 g/mol. The molecule has 2 aromatic rings. The van der Waals surface area contributed by atoms with E-state index in [1.165, 1.54) is 39.5 Å². The van der Waals surface area contributed by atoms with Crippen molar-refractivity contribution in [3.8, 4) is 0 Å². The molecular formula is C20H23Cl2N3O4S. The third-order valence-corrected chi connectivity index (χ3v) is 7.22. The third-order valence-electron chi connectivity index (χ3n) is 4.38. The van der Waals surface area contributed by atoms with Crippen LogP contribution in [0.4, 0.5) is 5.69 Å². The van der Waals surface area contributed by atoms with E-state index in [0.717, 1.165) is 0 Å². The Morgan fingerprint density at radius 3 is 2.13 bits per heavy atom. The fourth-order valence-electron chi connectivity index (χ4n) is 2.76. The Balaban J connectivity index is 2.33. The first kappa shape index (κ1) is 24.1. The molecule has 0 unspecified atom stereocenters. The van der Waals surface area contributed by atoms with Crippen molar-refractivity contribution in [1.29, 1.82) is 0 Å². The summed E-state index contributed by atoms with van der Waals surface area (Å²) in [5, 5.41) is 2.87. The standard InChI is InChI=1S/C20H23Cl2N3O4S/c1-5-25(6-2)30(28,29)18-11-13(7-10-16(18)21)19(26)23-14-8-9-15(17(22)12-14)20(27)24(3)4/h7-12H,5-6H2,1-4H3,(H,23,26). The van der Waals surface area contributed by atoms with Gasteiger partial charge in [-0.25, -0.2) is 8.42 Å². The Labute approximate surface area is 186 Å². The molecule has 30 heavy (non-hydrogen) atoms. The molecule has 0 aromatic heterocycles. The lowest BCUT2D eigenvalue weighted by Crippen LogP contribution is -2.31. The lowest BCUT2D eigenvalue weighted by atomic mass is 10.1. The second-order valence-corrected chi connectivity index (χ2v) is 9.30. The van der Waals surface area contributed by atoms with Crippen LogP contribution in [0.2, 0.25) is 10.0 Å². The summed E-state index contributed by atoms with van der Waals surface area (Å²) < 4.78 is 26.9. The Hall–Kier alpha value is -2.13. The van der Waals surface area contributed by atoms with Gasteiger partial charge in [0.2, 0.25) is 10.0 Å². The highest BCUT2D eigenvalue weighted by Gasteiger charge is 2.25. The van der Waals surface area contributed by atoms with Crippen LogP contribution in [0.15, 0.2) is 41.3 Å². The summed E-state index contributed by atoms with van der Waals surface area (Å²) in [6.45, 7) is 4.00. The fraction of sp³-hybridized carbons (Fsp3) is 0.300. The molecule has 0 spiro atoms. The van der Waals surface area contributed by atoms with Crippen LogP contribution in [0.3, 0.4) is 0 Å². The zero-order valence-corrected chi connectivity index (χ0v) is 19.4. The molecule has 2 aromatic carbocycles. The molecule has 10 heteroatoms. The van der Waals surface area contributed by atoms with E-state index in [1.54, 1.807) is 34.0 Å². The van der Waals surface area contributed by atoms with Crippen molar-refractivity contribution < 1.29 is 18.0 Å². The number of rotatable bonds is 7. The lowest BCUT2D eigenvalue weighted by molar-refractivity contribution is 0.0827. The number of carbonyl (C=O) groups excluding carboxylic acids is 2. The SMILES string of the molecule is CCN(CC)S(=O)(=O)c1cc(C(=O)Nc2ccc(C(=O)N(C)C)c(Cl)c2)ccc1Cl. The molecule has 2 amide bonds. The van der Waals surface area contributed by atoms with Crippen LogP contribution in [-0.2, 0) is 10.0 Å². The Kier molecular flexibility index (Phi) is 7.87. The van der Waals surface area contributed by atoms with Crippen LogP contribution in [0, 0.1) is 0 Å². The number of nitrogens with one attached hydrogen (secondary N) is 1. The maximum absolute atomic E-state index is 12.8. The number of carbonyl (C=O) groups is 2. The maximum Gasteiger partial charge on any atom is 0.255 e. The molecule has 0 heterocycles. The molecule has 0 saturated carbocycles. The first-order chi connectivity index (χ1) is 14.0. The third kappa shape index (κ3) is 5.13. The van der Waals surface area contributed by atoms with Gasteiger partial charge in [-0.3, -0.25) is 9.59 Å². The van der Waals surface area contributed by atoms with E-state index in [0.29, 0.717) is 11.3 Å². The van der Waals surface area contributed by atoms with Crippen molar-refractivity contribution in [2.45, 2.75) is 18.7 Å². The summed E-state index contributed by atoms with van der Waals surface area (Å²) in [7, 11) is -0.613. The number of nitrogens with zero attached hydrogens (tertiary/aromatic N) is 2. The van der Waals surface area contributed by atoms with Gasteiger partial charge in [0.1, 0.15) is 4.90 Å². The molecule has 162 valence electrons. The van der Waals surface area contributed by atoms with Crippen LogP contribution in [-0.4, -0.2) is 56.6 Å². The predicted octanol–water partition coefficient (Wildman–Crippen LogP) is 3.98. The molecular weight excluding hydrogens is 449 g/mol. The van der Waals surface area contributed by atoms with E-state index >= 15 is 0 Å². The number of halogens is 2. The maximum atomic E-state index is 12.8. The zero-order chi connectivity index (χ0) is 22.6.